The molecule has 1 aliphatic rings. The molecule has 5 heteroatoms. The normalized spacial score (nSPS) is 21.1. The fraction of sp³-hybridized carbons (Fsp3) is 0.500. The van der Waals surface area contributed by atoms with Gasteiger partial charge in [0.1, 0.15) is 0 Å². The number of benzene rings is 1. The van der Waals surface area contributed by atoms with Gasteiger partial charge in [-0.15, -0.1) is 0 Å². The molecule has 1 aromatic carbocycles. The molecular weight excluding hydrogens is 268 g/mol. The second-order valence-electron chi connectivity index (χ2n) is 5.50. The van der Waals surface area contributed by atoms with E-state index in [1.165, 1.54) is 0 Å². The lowest BCUT2D eigenvalue weighted by atomic mass is 9.96. The highest BCUT2D eigenvalue weighted by Gasteiger charge is 2.32. The van der Waals surface area contributed by atoms with Crippen LogP contribution in [0.15, 0.2) is 30.3 Å². The summed E-state index contributed by atoms with van der Waals surface area (Å²) in [6.07, 6.45) is 3.10. The summed E-state index contributed by atoms with van der Waals surface area (Å²) in [5.74, 6) is -0.758. The number of amides is 1. The molecule has 5 nitrogen and oxygen atoms in total. The molecule has 0 aliphatic heterocycles. The van der Waals surface area contributed by atoms with E-state index in [0.29, 0.717) is 19.5 Å². The molecule has 2 rings (SSSR count). The Bertz CT molecular complexity index is 476. The standard InChI is InChI=1S/C16H22N2O3/c19-15(18-13-6-2-1-3-7-13)9-10-17-11-12-5-4-8-14(12)16(20)21/h1-3,6-7,12,14,17H,4-5,8-11H2,(H,18,19)(H,20,21). The Morgan fingerprint density at radius 3 is 2.67 bits per heavy atom. The van der Waals surface area contributed by atoms with E-state index in [-0.39, 0.29) is 17.7 Å². The predicted molar refractivity (Wildman–Crippen MR) is 81.0 cm³/mol. The second kappa shape index (κ2) is 7.78. The third-order valence-corrected chi connectivity index (χ3v) is 3.97. The van der Waals surface area contributed by atoms with Gasteiger partial charge in [0, 0.05) is 18.7 Å². The van der Waals surface area contributed by atoms with Gasteiger partial charge in [0.25, 0.3) is 0 Å². The minimum atomic E-state index is -0.693. The van der Waals surface area contributed by atoms with Gasteiger partial charge in [-0.25, -0.2) is 0 Å². The molecule has 1 aromatic rings. The third-order valence-electron chi connectivity index (χ3n) is 3.97. The van der Waals surface area contributed by atoms with Crippen molar-refractivity contribution in [2.24, 2.45) is 11.8 Å². The fourth-order valence-electron chi connectivity index (χ4n) is 2.84. The van der Waals surface area contributed by atoms with E-state index < -0.39 is 5.97 Å². The zero-order valence-corrected chi connectivity index (χ0v) is 12.0. The number of anilines is 1. The molecule has 0 spiro atoms. The first-order chi connectivity index (χ1) is 10.2. The van der Waals surface area contributed by atoms with Crippen LogP contribution < -0.4 is 10.6 Å². The first kappa shape index (κ1) is 15.5. The maximum atomic E-state index is 11.7. The van der Waals surface area contributed by atoms with E-state index in [0.717, 1.165) is 24.9 Å². The number of carboxylic acids is 1. The number of rotatable bonds is 7. The first-order valence-electron chi connectivity index (χ1n) is 7.45. The molecule has 1 amide bonds. The number of nitrogens with one attached hydrogen (secondary N) is 2. The zero-order valence-electron chi connectivity index (χ0n) is 12.0. The Morgan fingerprint density at radius 2 is 1.95 bits per heavy atom. The average molecular weight is 290 g/mol. The summed E-state index contributed by atoms with van der Waals surface area (Å²) >= 11 is 0. The van der Waals surface area contributed by atoms with Crippen LogP contribution >= 0.6 is 0 Å². The minimum absolute atomic E-state index is 0.0325. The summed E-state index contributed by atoms with van der Waals surface area (Å²) in [6, 6.07) is 9.35. The van der Waals surface area contributed by atoms with Crippen LogP contribution in [0.4, 0.5) is 5.69 Å². The van der Waals surface area contributed by atoms with Crippen LogP contribution in [0.1, 0.15) is 25.7 Å². The second-order valence-corrected chi connectivity index (χ2v) is 5.50. The molecule has 2 unspecified atom stereocenters. The van der Waals surface area contributed by atoms with Crippen molar-refractivity contribution >= 4 is 17.6 Å². The van der Waals surface area contributed by atoms with E-state index in [9.17, 15) is 9.59 Å². The summed E-state index contributed by atoms with van der Waals surface area (Å²) in [4.78, 5) is 22.8. The van der Waals surface area contributed by atoms with Crippen LogP contribution in [0.2, 0.25) is 0 Å². The molecule has 0 saturated heterocycles. The quantitative estimate of drug-likeness (QED) is 0.672. The Hall–Kier alpha value is -1.88. The van der Waals surface area contributed by atoms with E-state index in [1.807, 2.05) is 30.3 Å². The van der Waals surface area contributed by atoms with Crippen molar-refractivity contribution in [3.05, 3.63) is 30.3 Å². The molecule has 2 atom stereocenters. The molecule has 114 valence electrons. The van der Waals surface area contributed by atoms with E-state index in [4.69, 9.17) is 5.11 Å². The molecule has 0 bridgehead atoms. The van der Waals surface area contributed by atoms with Gasteiger partial charge < -0.3 is 15.7 Å². The molecule has 0 aromatic heterocycles. The highest BCUT2D eigenvalue weighted by molar-refractivity contribution is 5.90. The Morgan fingerprint density at radius 1 is 1.19 bits per heavy atom. The van der Waals surface area contributed by atoms with Crippen LogP contribution in [0, 0.1) is 11.8 Å². The molecule has 21 heavy (non-hydrogen) atoms. The molecule has 0 radical (unpaired) electrons. The van der Waals surface area contributed by atoms with Crippen LogP contribution in [0.25, 0.3) is 0 Å². The van der Waals surface area contributed by atoms with Crippen LogP contribution in [-0.2, 0) is 9.59 Å². The Labute approximate surface area is 124 Å². The Kier molecular flexibility index (Phi) is 5.75. The number of hydrogen-bond acceptors (Lipinski definition) is 3. The minimum Gasteiger partial charge on any atom is -0.481 e. The molecule has 1 saturated carbocycles. The summed E-state index contributed by atoms with van der Waals surface area (Å²) in [5.41, 5.74) is 0.796. The number of carbonyl (C=O) groups is 2. The number of hydrogen-bond donors (Lipinski definition) is 3. The van der Waals surface area contributed by atoms with Crippen molar-refractivity contribution in [2.45, 2.75) is 25.7 Å². The lowest BCUT2D eigenvalue weighted by Gasteiger charge is -2.16. The van der Waals surface area contributed by atoms with Crippen molar-refractivity contribution in [1.29, 1.82) is 0 Å². The summed E-state index contributed by atoms with van der Waals surface area (Å²) in [7, 11) is 0. The highest BCUT2D eigenvalue weighted by atomic mass is 16.4. The largest absolute Gasteiger partial charge is 0.481 e. The van der Waals surface area contributed by atoms with Crippen molar-refractivity contribution in [3.63, 3.8) is 0 Å². The van der Waals surface area contributed by atoms with Gasteiger partial charge in [-0.1, -0.05) is 24.6 Å². The van der Waals surface area contributed by atoms with E-state index in [2.05, 4.69) is 10.6 Å². The van der Waals surface area contributed by atoms with Crippen LogP contribution in [0.3, 0.4) is 0 Å². The Balaban J connectivity index is 1.63. The van der Waals surface area contributed by atoms with Crippen LogP contribution in [-0.4, -0.2) is 30.1 Å². The summed E-state index contributed by atoms with van der Waals surface area (Å²) in [5, 5.41) is 15.1. The van der Waals surface area contributed by atoms with Gasteiger partial charge in [0.2, 0.25) is 5.91 Å². The molecule has 1 aliphatic carbocycles. The smallest absolute Gasteiger partial charge is 0.306 e. The first-order valence-corrected chi connectivity index (χ1v) is 7.45. The monoisotopic (exact) mass is 290 g/mol. The van der Waals surface area contributed by atoms with Crippen LogP contribution in [0.5, 0.6) is 0 Å². The van der Waals surface area contributed by atoms with Gasteiger partial charge >= 0.3 is 5.97 Å². The van der Waals surface area contributed by atoms with E-state index >= 15 is 0 Å². The van der Waals surface area contributed by atoms with Gasteiger partial charge in [-0.05, 0) is 37.4 Å². The van der Waals surface area contributed by atoms with Crippen molar-refractivity contribution in [2.75, 3.05) is 18.4 Å². The zero-order chi connectivity index (χ0) is 15.1. The molecule has 1 fully saturated rings. The maximum absolute atomic E-state index is 11.7. The lowest BCUT2D eigenvalue weighted by molar-refractivity contribution is -0.142. The number of para-hydroxylation sites is 1. The van der Waals surface area contributed by atoms with Gasteiger partial charge in [-0.2, -0.15) is 0 Å². The topological polar surface area (TPSA) is 78.4 Å². The SMILES string of the molecule is O=C(CCNCC1CCCC1C(=O)O)Nc1ccccc1. The summed E-state index contributed by atoms with van der Waals surface area (Å²) in [6.45, 7) is 1.25. The average Bonchev–Trinajstić information content (AvgIpc) is 2.93. The lowest BCUT2D eigenvalue weighted by Crippen LogP contribution is -2.31. The van der Waals surface area contributed by atoms with Gasteiger partial charge in [0.15, 0.2) is 0 Å². The third kappa shape index (κ3) is 4.86. The van der Waals surface area contributed by atoms with Crippen molar-refractivity contribution in [1.82, 2.24) is 5.32 Å². The number of carbonyl (C=O) groups excluding carboxylic acids is 1. The molecular formula is C16H22N2O3. The van der Waals surface area contributed by atoms with Gasteiger partial charge in [0.05, 0.1) is 5.92 Å². The maximum Gasteiger partial charge on any atom is 0.306 e. The van der Waals surface area contributed by atoms with Crippen molar-refractivity contribution in [3.8, 4) is 0 Å². The highest BCUT2D eigenvalue weighted by Crippen LogP contribution is 2.31. The molecule has 0 heterocycles. The summed E-state index contributed by atoms with van der Waals surface area (Å²) < 4.78 is 0. The molecule has 3 N–H and O–H groups in total. The fourth-order valence-corrected chi connectivity index (χ4v) is 2.84. The van der Waals surface area contributed by atoms with E-state index in [1.54, 1.807) is 0 Å². The number of aliphatic carboxylic acids is 1. The number of carboxylic acid groups (broad SMARTS) is 1. The van der Waals surface area contributed by atoms with Gasteiger partial charge in [-0.3, -0.25) is 9.59 Å². The predicted octanol–water partition coefficient (Wildman–Crippen LogP) is 2.11. The van der Waals surface area contributed by atoms with Crippen molar-refractivity contribution < 1.29 is 14.7 Å².